The SMILES string of the molecule is CC1(C)c2ccccc2-c2c1c1ccc3c4c(n(-c5nc(-c6ccccc6)c6ccc7ccccc7c6n5)c3c1n2-c1ccccc1)-c1ccccc1C4(C)C. The Kier molecular flexibility index (Phi) is 6.15. The van der Waals surface area contributed by atoms with Crippen LogP contribution in [0.25, 0.3) is 88.9 Å². The van der Waals surface area contributed by atoms with Crippen LogP contribution in [0.5, 0.6) is 0 Å². The van der Waals surface area contributed by atoms with Crippen molar-refractivity contribution in [3.63, 3.8) is 0 Å². The highest BCUT2D eigenvalue weighted by Crippen LogP contribution is 2.58. The van der Waals surface area contributed by atoms with Crippen LogP contribution in [0.1, 0.15) is 49.9 Å². The quantitative estimate of drug-likeness (QED) is 0.171. The Balaban J connectivity index is 1.34. The normalized spacial score (nSPS) is 14.7. The molecule has 0 saturated heterocycles. The van der Waals surface area contributed by atoms with Gasteiger partial charge in [-0.2, -0.15) is 0 Å². The number of nitrogens with zero attached hydrogens (tertiary/aromatic N) is 4. The van der Waals surface area contributed by atoms with Crippen molar-refractivity contribution >= 4 is 43.5 Å². The van der Waals surface area contributed by atoms with Gasteiger partial charge in [0.15, 0.2) is 0 Å². The molecule has 7 aromatic carbocycles. The summed E-state index contributed by atoms with van der Waals surface area (Å²) in [4.78, 5) is 11.3. The smallest absolute Gasteiger partial charge is 0.235 e. The van der Waals surface area contributed by atoms with E-state index in [2.05, 4.69) is 195 Å². The lowest BCUT2D eigenvalue weighted by Gasteiger charge is -2.22. The topological polar surface area (TPSA) is 35.6 Å². The highest BCUT2D eigenvalue weighted by Gasteiger charge is 2.44. The second-order valence-corrected chi connectivity index (χ2v) is 16.6. The van der Waals surface area contributed by atoms with E-state index in [-0.39, 0.29) is 10.8 Å². The maximum atomic E-state index is 5.66. The van der Waals surface area contributed by atoms with Gasteiger partial charge in [-0.25, -0.2) is 9.97 Å². The van der Waals surface area contributed by atoms with Gasteiger partial charge in [-0.3, -0.25) is 4.57 Å². The molecule has 0 fully saturated rings. The molecule has 56 heavy (non-hydrogen) atoms. The number of hydrogen-bond donors (Lipinski definition) is 0. The van der Waals surface area contributed by atoms with Gasteiger partial charge in [-0.15, -0.1) is 0 Å². The van der Waals surface area contributed by atoms with E-state index < -0.39 is 0 Å². The van der Waals surface area contributed by atoms with Crippen molar-refractivity contribution in [2.24, 2.45) is 0 Å². The number of hydrogen-bond acceptors (Lipinski definition) is 2. The van der Waals surface area contributed by atoms with Crippen LogP contribution in [0.2, 0.25) is 0 Å². The average Bonchev–Trinajstić information content (AvgIpc) is 3.91. The van der Waals surface area contributed by atoms with Crippen molar-refractivity contribution in [3.8, 4) is 45.4 Å². The lowest BCUT2D eigenvalue weighted by Crippen LogP contribution is -2.15. The van der Waals surface area contributed by atoms with E-state index in [1.165, 1.54) is 61.1 Å². The van der Waals surface area contributed by atoms with Crippen LogP contribution in [-0.2, 0) is 10.8 Å². The van der Waals surface area contributed by atoms with Crippen LogP contribution in [0.4, 0.5) is 0 Å². The first-order chi connectivity index (χ1) is 27.3. The van der Waals surface area contributed by atoms with Gasteiger partial charge in [0.1, 0.15) is 0 Å². The van der Waals surface area contributed by atoms with Crippen molar-refractivity contribution in [2.45, 2.75) is 38.5 Å². The zero-order chi connectivity index (χ0) is 37.5. The summed E-state index contributed by atoms with van der Waals surface area (Å²) in [6, 6.07) is 57.2. The van der Waals surface area contributed by atoms with E-state index in [1.54, 1.807) is 0 Å². The molecule has 2 aliphatic rings. The first-order valence-corrected chi connectivity index (χ1v) is 19.6. The van der Waals surface area contributed by atoms with Crippen LogP contribution in [0, 0.1) is 0 Å². The number of aromatic nitrogens is 4. The van der Waals surface area contributed by atoms with E-state index in [0.29, 0.717) is 5.95 Å². The number of para-hydroxylation sites is 1. The fraction of sp³-hybridized carbons (Fsp3) is 0.115. The molecule has 0 aliphatic heterocycles. The molecular formula is C52H38N4. The Morgan fingerprint density at radius 3 is 1.61 bits per heavy atom. The lowest BCUT2D eigenvalue weighted by atomic mass is 9.80. The molecular weight excluding hydrogens is 681 g/mol. The third-order valence-electron chi connectivity index (χ3n) is 12.9. The fourth-order valence-electron chi connectivity index (χ4n) is 10.5. The Morgan fingerprint density at radius 2 is 0.946 bits per heavy atom. The molecule has 10 aromatic rings. The molecule has 2 aliphatic carbocycles. The molecule has 266 valence electrons. The molecule has 3 aromatic heterocycles. The lowest BCUT2D eigenvalue weighted by molar-refractivity contribution is 0.665. The number of fused-ring (bicyclic) bond motifs is 14. The summed E-state index contributed by atoms with van der Waals surface area (Å²) in [6.45, 7) is 9.54. The first kappa shape index (κ1) is 31.6. The van der Waals surface area contributed by atoms with Crippen LogP contribution < -0.4 is 0 Å². The largest absolute Gasteiger partial charge is 0.307 e. The summed E-state index contributed by atoms with van der Waals surface area (Å²) in [6.07, 6.45) is 0. The summed E-state index contributed by atoms with van der Waals surface area (Å²) >= 11 is 0. The maximum absolute atomic E-state index is 5.66. The molecule has 12 rings (SSSR count). The molecule has 0 atom stereocenters. The molecule has 4 nitrogen and oxygen atoms in total. The Morgan fingerprint density at radius 1 is 0.429 bits per heavy atom. The fourth-order valence-corrected chi connectivity index (χ4v) is 10.5. The first-order valence-electron chi connectivity index (χ1n) is 19.6. The van der Waals surface area contributed by atoms with Crippen molar-refractivity contribution < 1.29 is 0 Å². The third kappa shape index (κ3) is 3.93. The molecule has 0 radical (unpaired) electrons. The van der Waals surface area contributed by atoms with Crippen molar-refractivity contribution in [3.05, 3.63) is 180 Å². The van der Waals surface area contributed by atoms with Crippen molar-refractivity contribution in [1.82, 2.24) is 19.1 Å². The van der Waals surface area contributed by atoms with Crippen molar-refractivity contribution in [1.29, 1.82) is 0 Å². The van der Waals surface area contributed by atoms with Gasteiger partial charge in [-0.05, 0) is 45.8 Å². The van der Waals surface area contributed by atoms with E-state index in [1.807, 2.05) is 0 Å². The molecule has 3 heterocycles. The third-order valence-corrected chi connectivity index (χ3v) is 12.9. The van der Waals surface area contributed by atoms with Gasteiger partial charge in [0, 0.05) is 54.8 Å². The van der Waals surface area contributed by atoms with Gasteiger partial charge in [-0.1, -0.05) is 167 Å². The van der Waals surface area contributed by atoms with Crippen LogP contribution >= 0.6 is 0 Å². The van der Waals surface area contributed by atoms with Crippen molar-refractivity contribution in [2.75, 3.05) is 0 Å². The second kappa shape index (κ2) is 10.9. The van der Waals surface area contributed by atoms with Crippen LogP contribution in [0.3, 0.4) is 0 Å². The van der Waals surface area contributed by atoms with Gasteiger partial charge in [0.05, 0.1) is 33.6 Å². The molecule has 0 N–H and O–H groups in total. The molecule has 0 spiro atoms. The Bertz CT molecular complexity index is 3290. The highest BCUT2D eigenvalue weighted by atomic mass is 15.2. The minimum atomic E-state index is -0.256. The molecule has 0 bridgehead atoms. The van der Waals surface area contributed by atoms with Crippen LogP contribution in [0.15, 0.2) is 158 Å². The standard InChI is InChI=1S/C52H38N4/c1-51(2)40-25-15-13-23-35(40)46-42(51)37-29-30-38-43-47(36-24-14-16-26-41(36)52(43,3)4)56(49(38)48(37)55(46)33-20-9-6-10-21-33)50-53-44(32-18-7-5-8-19-32)39-28-27-31-17-11-12-22-34(31)45(39)54-50/h5-30H,1-4H3. The van der Waals surface area contributed by atoms with E-state index >= 15 is 0 Å². The summed E-state index contributed by atoms with van der Waals surface area (Å²) < 4.78 is 4.97. The van der Waals surface area contributed by atoms with Crippen LogP contribution in [-0.4, -0.2) is 19.1 Å². The highest BCUT2D eigenvalue weighted by molar-refractivity contribution is 6.16. The molecule has 0 unspecified atom stereocenters. The van der Waals surface area contributed by atoms with E-state index in [9.17, 15) is 0 Å². The summed E-state index contributed by atoms with van der Waals surface area (Å²) in [5.41, 5.74) is 16.3. The van der Waals surface area contributed by atoms with Gasteiger partial charge in [0.2, 0.25) is 5.95 Å². The maximum Gasteiger partial charge on any atom is 0.235 e. The summed E-state index contributed by atoms with van der Waals surface area (Å²) in [7, 11) is 0. The minimum Gasteiger partial charge on any atom is -0.307 e. The molecule has 4 heteroatoms. The molecule has 0 saturated carbocycles. The predicted octanol–water partition coefficient (Wildman–Crippen LogP) is 13.0. The van der Waals surface area contributed by atoms with E-state index in [4.69, 9.17) is 9.97 Å². The Labute approximate surface area is 325 Å². The Hall–Kier alpha value is -6.78. The second-order valence-electron chi connectivity index (χ2n) is 16.6. The predicted molar refractivity (Wildman–Crippen MR) is 231 cm³/mol. The average molecular weight is 719 g/mol. The number of rotatable bonds is 3. The zero-order valence-electron chi connectivity index (χ0n) is 31.8. The number of benzene rings is 7. The summed E-state index contributed by atoms with van der Waals surface area (Å²) in [5.74, 6) is 0.680. The van der Waals surface area contributed by atoms with Gasteiger partial charge in [0.25, 0.3) is 0 Å². The van der Waals surface area contributed by atoms with E-state index in [0.717, 1.165) is 44.1 Å². The summed E-state index contributed by atoms with van der Waals surface area (Å²) in [5, 5.41) is 5.82. The monoisotopic (exact) mass is 718 g/mol. The van der Waals surface area contributed by atoms with Gasteiger partial charge >= 0.3 is 0 Å². The van der Waals surface area contributed by atoms with Gasteiger partial charge < -0.3 is 4.57 Å². The molecule has 0 amide bonds. The minimum absolute atomic E-state index is 0.206. The zero-order valence-corrected chi connectivity index (χ0v) is 31.8.